The number of hydrogen-bond acceptors (Lipinski definition) is 3. The molecule has 4 nitrogen and oxygen atoms in total. The maximum atomic E-state index is 10.5. The Labute approximate surface area is 78.5 Å². The Morgan fingerprint density at radius 3 is 2.77 bits per heavy atom. The second-order valence-corrected chi connectivity index (χ2v) is 3.39. The second kappa shape index (κ2) is 4.58. The van der Waals surface area contributed by atoms with Crippen molar-refractivity contribution >= 4 is 5.97 Å². The van der Waals surface area contributed by atoms with Gasteiger partial charge in [-0.05, 0) is 19.9 Å². The number of aliphatic carboxylic acids is 1. The smallest absolute Gasteiger partial charge is 0.317 e. The highest BCUT2D eigenvalue weighted by molar-refractivity contribution is 5.69. The van der Waals surface area contributed by atoms with Gasteiger partial charge < -0.3 is 9.84 Å². The monoisotopic (exact) mass is 187 g/mol. The first kappa shape index (κ1) is 10.5. The first-order valence-electron chi connectivity index (χ1n) is 4.72. The van der Waals surface area contributed by atoms with Crippen molar-refractivity contribution in [2.45, 2.75) is 32.4 Å². The van der Waals surface area contributed by atoms with E-state index < -0.39 is 5.97 Å². The number of carboxylic acid groups (broad SMARTS) is 1. The molecule has 4 heteroatoms. The Balaban J connectivity index is 2.49. The van der Waals surface area contributed by atoms with E-state index >= 15 is 0 Å². The average Bonchev–Trinajstić information content (AvgIpc) is 2.47. The van der Waals surface area contributed by atoms with Gasteiger partial charge in [0.15, 0.2) is 0 Å². The summed E-state index contributed by atoms with van der Waals surface area (Å²) in [7, 11) is 0. The lowest BCUT2D eigenvalue weighted by atomic mass is 10.1. The van der Waals surface area contributed by atoms with Crippen LogP contribution in [0.1, 0.15) is 20.3 Å². The molecule has 0 radical (unpaired) electrons. The van der Waals surface area contributed by atoms with Gasteiger partial charge in [0.25, 0.3) is 0 Å². The number of nitrogens with zero attached hydrogens (tertiary/aromatic N) is 1. The molecular formula is C9H17NO3. The molecule has 0 bridgehead atoms. The molecule has 0 spiro atoms. The van der Waals surface area contributed by atoms with E-state index in [4.69, 9.17) is 9.84 Å². The highest BCUT2D eigenvalue weighted by Gasteiger charge is 2.29. The van der Waals surface area contributed by atoms with E-state index in [9.17, 15) is 4.79 Å². The number of ether oxygens (including phenoxy) is 1. The molecule has 2 atom stereocenters. The van der Waals surface area contributed by atoms with E-state index in [1.807, 2.05) is 18.7 Å². The topological polar surface area (TPSA) is 49.8 Å². The predicted molar refractivity (Wildman–Crippen MR) is 48.7 cm³/mol. The number of likely N-dealkylation sites (N-methyl/N-ethyl adjacent to an activating group) is 1. The third kappa shape index (κ3) is 2.67. The third-order valence-corrected chi connectivity index (χ3v) is 2.55. The fourth-order valence-corrected chi connectivity index (χ4v) is 1.84. The van der Waals surface area contributed by atoms with E-state index in [2.05, 4.69) is 0 Å². The lowest BCUT2D eigenvalue weighted by molar-refractivity contribution is -0.139. The summed E-state index contributed by atoms with van der Waals surface area (Å²) >= 11 is 0. The Hall–Kier alpha value is -0.610. The van der Waals surface area contributed by atoms with Crippen LogP contribution in [-0.2, 0) is 9.53 Å². The normalized spacial score (nSPS) is 28.2. The first-order chi connectivity index (χ1) is 6.15. The summed E-state index contributed by atoms with van der Waals surface area (Å²) in [6.07, 6.45) is 1.11. The summed E-state index contributed by atoms with van der Waals surface area (Å²) < 4.78 is 5.40. The molecule has 2 unspecified atom stereocenters. The van der Waals surface area contributed by atoms with Gasteiger partial charge in [0.1, 0.15) is 0 Å². The Morgan fingerprint density at radius 1 is 1.69 bits per heavy atom. The maximum Gasteiger partial charge on any atom is 0.317 e. The third-order valence-electron chi connectivity index (χ3n) is 2.55. The minimum Gasteiger partial charge on any atom is -0.480 e. The van der Waals surface area contributed by atoms with Crippen molar-refractivity contribution in [3.05, 3.63) is 0 Å². The molecule has 1 N–H and O–H groups in total. The van der Waals surface area contributed by atoms with Crippen molar-refractivity contribution in [2.24, 2.45) is 0 Å². The largest absolute Gasteiger partial charge is 0.480 e. The molecule has 1 heterocycles. The van der Waals surface area contributed by atoms with E-state index in [0.717, 1.165) is 19.6 Å². The van der Waals surface area contributed by atoms with Gasteiger partial charge in [-0.25, -0.2) is 0 Å². The molecule has 1 saturated heterocycles. The van der Waals surface area contributed by atoms with Gasteiger partial charge in [-0.2, -0.15) is 0 Å². The molecule has 0 aliphatic carbocycles. The molecule has 0 aromatic rings. The van der Waals surface area contributed by atoms with Crippen LogP contribution in [0.3, 0.4) is 0 Å². The minimum absolute atomic E-state index is 0.120. The summed E-state index contributed by atoms with van der Waals surface area (Å²) in [5.74, 6) is -0.763. The zero-order valence-electron chi connectivity index (χ0n) is 8.19. The number of hydrogen-bond donors (Lipinski definition) is 1. The van der Waals surface area contributed by atoms with E-state index in [-0.39, 0.29) is 18.7 Å². The minimum atomic E-state index is -0.763. The summed E-state index contributed by atoms with van der Waals surface area (Å²) in [5.41, 5.74) is 0. The van der Waals surface area contributed by atoms with Crippen LogP contribution in [0, 0.1) is 0 Å². The molecule has 1 aliphatic heterocycles. The molecule has 0 amide bonds. The molecule has 76 valence electrons. The van der Waals surface area contributed by atoms with Crippen LogP contribution >= 0.6 is 0 Å². The number of rotatable bonds is 4. The van der Waals surface area contributed by atoms with Crippen LogP contribution < -0.4 is 0 Å². The Kier molecular flexibility index (Phi) is 3.69. The van der Waals surface area contributed by atoms with Crippen molar-refractivity contribution in [2.75, 3.05) is 19.7 Å². The zero-order valence-corrected chi connectivity index (χ0v) is 8.19. The predicted octanol–water partition coefficient (Wildman–Crippen LogP) is 0.570. The van der Waals surface area contributed by atoms with Gasteiger partial charge in [-0.15, -0.1) is 0 Å². The van der Waals surface area contributed by atoms with E-state index in [0.29, 0.717) is 0 Å². The summed E-state index contributed by atoms with van der Waals surface area (Å²) in [5, 5.41) is 8.68. The maximum absolute atomic E-state index is 10.5. The van der Waals surface area contributed by atoms with Crippen LogP contribution in [0.15, 0.2) is 0 Å². The number of carbonyl (C=O) groups is 1. The second-order valence-electron chi connectivity index (χ2n) is 3.39. The SMILES string of the molecule is CCN(CC(=O)O)C1CCOC1C. The highest BCUT2D eigenvalue weighted by Crippen LogP contribution is 2.18. The quantitative estimate of drug-likeness (QED) is 0.699. The molecule has 0 aromatic heterocycles. The van der Waals surface area contributed by atoms with Crippen molar-refractivity contribution in [3.63, 3.8) is 0 Å². The van der Waals surface area contributed by atoms with Gasteiger partial charge in [-0.1, -0.05) is 6.92 Å². The first-order valence-corrected chi connectivity index (χ1v) is 4.72. The van der Waals surface area contributed by atoms with Crippen LogP contribution in [-0.4, -0.2) is 47.8 Å². The molecule has 0 saturated carbocycles. The van der Waals surface area contributed by atoms with Crippen molar-refractivity contribution in [3.8, 4) is 0 Å². The van der Waals surface area contributed by atoms with Gasteiger partial charge in [0.05, 0.1) is 12.6 Å². The molecule has 13 heavy (non-hydrogen) atoms. The lowest BCUT2D eigenvalue weighted by Crippen LogP contribution is -2.42. The van der Waals surface area contributed by atoms with Crippen LogP contribution in [0.2, 0.25) is 0 Å². The average molecular weight is 187 g/mol. The molecule has 1 aliphatic rings. The molecule has 1 rings (SSSR count). The Bertz CT molecular complexity index is 184. The highest BCUT2D eigenvalue weighted by atomic mass is 16.5. The summed E-state index contributed by atoms with van der Waals surface area (Å²) in [4.78, 5) is 12.5. The van der Waals surface area contributed by atoms with Gasteiger partial charge in [-0.3, -0.25) is 9.69 Å². The fourth-order valence-electron chi connectivity index (χ4n) is 1.84. The van der Waals surface area contributed by atoms with E-state index in [1.54, 1.807) is 0 Å². The van der Waals surface area contributed by atoms with Crippen LogP contribution in [0.5, 0.6) is 0 Å². The number of carboxylic acids is 1. The van der Waals surface area contributed by atoms with Crippen LogP contribution in [0.25, 0.3) is 0 Å². The molecular weight excluding hydrogens is 170 g/mol. The van der Waals surface area contributed by atoms with Gasteiger partial charge in [0.2, 0.25) is 0 Å². The van der Waals surface area contributed by atoms with Crippen molar-refractivity contribution in [1.29, 1.82) is 0 Å². The van der Waals surface area contributed by atoms with Gasteiger partial charge >= 0.3 is 5.97 Å². The summed E-state index contributed by atoms with van der Waals surface area (Å²) in [6.45, 7) is 5.62. The van der Waals surface area contributed by atoms with Crippen molar-refractivity contribution in [1.82, 2.24) is 4.90 Å². The summed E-state index contributed by atoms with van der Waals surface area (Å²) in [6, 6.07) is 0.279. The zero-order chi connectivity index (χ0) is 9.84. The molecule has 1 fully saturated rings. The molecule has 0 aromatic carbocycles. The van der Waals surface area contributed by atoms with Crippen LogP contribution in [0.4, 0.5) is 0 Å². The van der Waals surface area contributed by atoms with Crippen molar-refractivity contribution < 1.29 is 14.6 Å². The Morgan fingerprint density at radius 2 is 2.38 bits per heavy atom. The van der Waals surface area contributed by atoms with E-state index in [1.165, 1.54) is 0 Å². The lowest BCUT2D eigenvalue weighted by Gasteiger charge is -2.27. The standard InChI is InChI=1S/C9H17NO3/c1-3-10(6-9(11)12)8-4-5-13-7(8)2/h7-8H,3-6H2,1-2H3,(H,11,12). The fraction of sp³-hybridized carbons (Fsp3) is 0.889. The van der Waals surface area contributed by atoms with Gasteiger partial charge in [0, 0.05) is 12.6 Å².